The number of hydrogen-bond donors (Lipinski definition) is 1. The van der Waals surface area contributed by atoms with Gasteiger partial charge in [-0.2, -0.15) is 11.8 Å². The van der Waals surface area contributed by atoms with E-state index in [2.05, 4.69) is 12.1 Å². The van der Waals surface area contributed by atoms with E-state index in [0.717, 1.165) is 88.9 Å². The second kappa shape index (κ2) is 11.4. The van der Waals surface area contributed by atoms with E-state index < -0.39 is 5.41 Å². The average Bonchev–Trinajstić information content (AvgIpc) is 3.22. The number of aliphatic imine (C=N–C) groups is 1. The molecule has 0 radical (unpaired) electrons. The molecule has 1 saturated heterocycles. The van der Waals surface area contributed by atoms with Gasteiger partial charge in [-0.25, -0.2) is 4.99 Å². The van der Waals surface area contributed by atoms with Crippen LogP contribution in [-0.2, 0) is 16.8 Å². The van der Waals surface area contributed by atoms with Gasteiger partial charge in [-0.05, 0) is 97.0 Å². The van der Waals surface area contributed by atoms with Crippen LogP contribution in [0.1, 0.15) is 48.8 Å². The fraction of sp³-hybridized carbons (Fsp3) is 0.333. The zero-order valence-electron chi connectivity index (χ0n) is 22.8. The second-order valence-corrected chi connectivity index (χ2v) is 11.9. The zero-order valence-corrected chi connectivity index (χ0v) is 23.7. The molecule has 3 aromatic rings. The molecule has 2 aliphatic heterocycles. The Morgan fingerprint density at radius 2 is 1.85 bits per heavy atom. The molecule has 1 amide bonds. The van der Waals surface area contributed by atoms with Gasteiger partial charge in [-0.3, -0.25) is 4.79 Å². The SMILES string of the molecule is COc1ccc(CN2C(=O)C3(CCC3)c3cc(C(C=CN)=Nc4ccccc4)cc(OC4CCSCC4)c32)cc1. The Labute approximate surface area is 240 Å². The van der Waals surface area contributed by atoms with E-state index in [0.29, 0.717) is 6.54 Å². The van der Waals surface area contributed by atoms with E-state index >= 15 is 0 Å². The Morgan fingerprint density at radius 3 is 2.50 bits per heavy atom. The molecule has 0 aromatic heterocycles. The summed E-state index contributed by atoms with van der Waals surface area (Å²) in [6.45, 7) is 0.488. The number of carbonyl (C=O) groups is 1. The second-order valence-electron chi connectivity index (χ2n) is 10.7. The largest absolute Gasteiger partial charge is 0.497 e. The number of methoxy groups -OCH3 is 1. The van der Waals surface area contributed by atoms with E-state index in [9.17, 15) is 4.79 Å². The highest BCUT2D eigenvalue weighted by Crippen LogP contribution is 2.57. The van der Waals surface area contributed by atoms with Gasteiger partial charge in [0.25, 0.3) is 0 Å². The van der Waals surface area contributed by atoms with Crippen molar-refractivity contribution in [3.05, 3.63) is 95.7 Å². The third-order valence-electron chi connectivity index (χ3n) is 8.24. The summed E-state index contributed by atoms with van der Waals surface area (Å²) in [4.78, 5) is 21.1. The van der Waals surface area contributed by atoms with Gasteiger partial charge >= 0.3 is 0 Å². The molecule has 3 aromatic carbocycles. The molecular formula is C33H35N3O3S. The summed E-state index contributed by atoms with van der Waals surface area (Å²) in [5, 5.41) is 0. The highest BCUT2D eigenvalue weighted by Gasteiger charge is 2.55. The molecule has 6 nitrogen and oxygen atoms in total. The van der Waals surface area contributed by atoms with Gasteiger partial charge in [-0.15, -0.1) is 0 Å². The number of allylic oxidation sites excluding steroid dienone is 1. The number of benzene rings is 3. The van der Waals surface area contributed by atoms with Crippen molar-refractivity contribution < 1.29 is 14.3 Å². The smallest absolute Gasteiger partial charge is 0.238 e. The molecule has 0 atom stereocenters. The Bertz CT molecular complexity index is 1430. The number of rotatable bonds is 8. The van der Waals surface area contributed by atoms with Crippen LogP contribution in [0.3, 0.4) is 0 Å². The first kappa shape index (κ1) is 26.5. The number of anilines is 1. The van der Waals surface area contributed by atoms with Crippen LogP contribution in [0.2, 0.25) is 0 Å². The number of fused-ring (bicyclic) bond motifs is 2. The lowest BCUT2D eigenvalue weighted by molar-refractivity contribution is -0.126. The molecule has 2 heterocycles. The first-order chi connectivity index (χ1) is 19.6. The minimum atomic E-state index is -0.511. The van der Waals surface area contributed by atoms with Crippen LogP contribution in [0.15, 0.2) is 84.0 Å². The number of ether oxygens (including phenoxy) is 2. The first-order valence-corrected chi connectivity index (χ1v) is 15.2. The Morgan fingerprint density at radius 1 is 1.10 bits per heavy atom. The molecule has 3 aliphatic rings. The van der Waals surface area contributed by atoms with Crippen LogP contribution in [0.4, 0.5) is 11.4 Å². The lowest BCUT2D eigenvalue weighted by atomic mass is 9.65. The van der Waals surface area contributed by atoms with Gasteiger partial charge in [0.2, 0.25) is 5.91 Å². The summed E-state index contributed by atoms with van der Waals surface area (Å²) in [5.41, 5.74) is 10.9. The molecule has 7 heteroatoms. The highest BCUT2D eigenvalue weighted by atomic mass is 32.2. The van der Waals surface area contributed by atoms with Crippen LogP contribution in [0, 0.1) is 0 Å². The predicted octanol–water partition coefficient (Wildman–Crippen LogP) is 6.53. The zero-order chi connectivity index (χ0) is 27.5. The van der Waals surface area contributed by atoms with Crippen LogP contribution in [0.25, 0.3) is 0 Å². The summed E-state index contributed by atoms with van der Waals surface area (Å²) in [6.07, 6.45) is 8.19. The van der Waals surface area contributed by atoms with Crippen molar-refractivity contribution in [2.45, 2.75) is 50.2 Å². The van der Waals surface area contributed by atoms with Gasteiger partial charge in [0.05, 0.1) is 36.2 Å². The number of amides is 1. The quantitative estimate of drug-likeness (QED) is 0.321. The number of nitrogens with two attached hydrogens (primary N) is 1. The van der Waals surface area contributed by atoms with Crippen molar-refractivity contribution in [2.75, 3.05) is 23.5 Å². The minimum absolute atomic E-state index is 0.121. The molecule has 6 rings (SSSR count). The van der Waals surface area contributed by atoms with E-state index in [1.807, 2.05) is 77.3 Å². The predicted molar refractivity (Wildman–Crippen MR) is 163 cm³/mol. The van der Waals surface area contributed by atoms with Gasteiger partial charge in [0.15, 0.2) is 0 Å². The van der Waals surface area contributed by atoms with E-state index in [1.165, 1.54) is 6.20 Å². The molecule has 0 unspecified atom stereocenters. The number of thioether (sulfide) groups is 1. The van der Waals surface area contributed by atoms with E-state index in [4.69, 9.17) is 20.2 Å². The standard InChI is InChI=1S/C33H35N3O3S/c1-38-26-10-8-23(9-11-26)22-36-31-28(33(32(36)37)15-5-16-33)20-24(21-30(31)39-27-13-18-40-19-14-27)29(12-17-34)35-25-6-3-2-4-7-25/h2-4,6-12,17,20-21,27H,5,13-16,18-19,22,34H2,1H3. The summed E-state index contributed by atoms with van der Waals surface area (Å²) >= 11 is 1.97. The van der Waals surface area contributed by atoms with Gasteiger partial charge in [-0.1, -0.05) is 36.8 Å². The van der Waals surface area contributed by atoms with E-state index in [1.54, 1.807) is 7.11 Å². The summed E-state index contributed by atoms with van der Waals surface area (Å²) in [6, 6.07) is 22.0. The fourth-order valence-corrected chi connectivity index (χ4v) is 7.01. The molecule has 1 saturated carbocycles. The average molecular weight is 554 g/mol. The molecule has 2 N–H and O–H groups in total. The van der Waals surface area contributed by atoms with Crippen LogP contribution in [-0.4, -0.2) is 36.3 Å². The normalized spacial score (nSPS) is 18.7. The van der Waals surface area contributed by atoms with Crippen LogP contribution in [0.5, 0.6) is 11.5 Å². The molecule has 206 valence electrons. The molecule has 0 bridgehead atoms. The van der Waals surface area contributed by atoms with Crippen molar-refractivity contribution >= 4 is 34.8 Å². The molecular weight excluding hydrogens is 518 g/mol. The van der Waals surface area contributed by atoms with Crippen molar-refractivity contribution in [3.63, 3.8) is 0 Å². The summed E-state index contributed by atoms with van der Waals surface area (Å²) in [5.74, 6) is 3.90. The van der Waals surface area contributed by atoms with Gasteiger partial charge in [0, 0.05) is 5.56 Å². The third-order valence-corrected chi connectivity index (χ3v) is 9.29. The molecule has 2 fully saturated rings. The molecule has 1 spiro atoms. The number of carbonyl (C=O) groups excluding carboxylic acids is 1. The third kappa shape index (κ3) is 4.99. The van der Waals surface area contributed by atoms with Crippen LogP contribution >= 0.6 is 11.8 Å². The lowest BCUT2D eigenvalue weighted by Gasteiger charge is -2.37. The van der Waals surface area contributed by atoms with Gasteiger partial charge in [0.1, 0.15) is 17.6 Å². The topological polar surface area (TPSA) is 77.2 Å². The minimum Gasteiger partial charge on any atom is -0.497 e. The Hall–Kier alpha value is -3.71. The monoisotopic (exact) mass is 553 g/mol. The van der Waals surface area contributed by atoms with Crippen molar-refractivity contribution in [3.8, 4) is 11.5 Å². The summed E-state index contributed by atoms with van der Waals surface area (Å²) in [7, 11) is 1.66. The van der Waals surface area contributed by atoms with Gasteiger partial charge < -0.3 is 20.1 Å². The first-order valence-electron chi connectivity index (χ1n) is 14.0. The Balaban J connectivity index is 1.48. The van der Waals surface area contributed by atoms with Crippen molar-refractivity contribution in [1.82, 2.24) is 0 Å². The number of hydrogen-bond acceptors (Lipinski definition) is 6. The maximum Gasteiger partial charge on any atom is 0.238 e. The fourth-order valence-electron chi connectivity index (χ4n) is 5.95. The van der Waals surface area contributed by atoms with E-state index in [-0.39, 0.29) is 12.0 Å². The van der Waals surface area contributed by atoms with Crippen molar-refractivity contribution in [1.29, 1.82) is 0 Å². The number of para-hydroxylation sites is 1. The number of nitrogens with zero attached hydrogens (tertiary/aromatic N) is 2. The maximum atomic E-state index is 14.2. The molecule has 40 heavy (non-hydrogen) atoms. The summed E-state index contributed by atoms with van der Waals surface area (Å²) < 4.78 is 12.1. The maximum absolute atomic E-state index is 14.2. The lowest BCUT2D eigenvalue weighted by Crippen LogP contribution is -2.44. The highest BCUT2D eigenvalue weighted by molar-refractivity contribution is 7.99. The molecule has 1 aliphatic carbocycles. The van der Waals surface area contributed by atoms with Crippen molar-refractivity contribution in [2.24, 2.45) is 10.7 Å². The Kier molecular flexibility index (Phi) is 7.57. The van der Waals surface area contributed by atoms with Crippen LogP contribution < -0.4 is 20.1 Å².